The molecular formula is C26H33F2N4O8P. The molecule has 1 aliphatic heterocycles. The third-order valence-corrected chi connectivity index (χ3v) is 8.72. The van der Waals surface area contributed by atoms with Crippen LogP contribution >= 0.6 is 7.60 Å². The summed E-state index contributed by atoms with van der Waals surface area (Å²) in [6.07, 6.45) is -6.35. The Kier molecular flexibility index (Phi) is 8.88. The van der Waals surface area contributed by atoms with Gasteiger partial charge in [-0.05, 0) is 39.0 Å². The number of aromatic nitrogens is 3. The second kappa shape index (κ2) is 11.9. The number of benzene rings is 1. The molecule has 0 bridgehead atoms. The molecule has 7 atom stereocenters. The molecule has 1 fully saturated rings. The normalized spacial score (nSPS) is 25.6. The molecule has 4 N–H and O–H groups in total. The lowest BCUT2D eigenvalue weighted by atomic mass is 9.95. The van der Waals surface area contributed by atoms with E-state index in [4.69, 9.17) is 24.3 Å². The molecule has 0 aliphatic carbocycles. The summed E-state index contributed by atoms with van der Waals surface area (Å²) < 4.78 is 67.9. The van der Waals surface area contributed by atoms with Gasteiger partial charge in [-0.2, -0.15) is 4.98 Å². The number of nitrogens with zero attached hydrogens (tertiary/aromatic N) is 2. The number of halogens is 2. The van der Waals surface area contributed by atoms with E-state index >= 15 is 4.39 Å². The van der Waals surface area contributed by atoms with Crippen LogP contribution in [0.4, 0.5) is 14.7 Å². The molecule has 224 valence electrons. The average Bonchev–Trinajstić information content (AvgIpc) is 3.42. The number of aliphatic hydroxyl groups is 1. The standard InChI is InChI=1S/C26H33F2N4O8P/c1-14(2)37-23(35)15(3)12-41(36,40-17-8-6-5-7-9-17)39-16(4)19-20(33)26(28,13-27)24(38-19)32-11-10-18-21(32)30-25(29)31-22(18)34/h5-11,14-16,19-20,24,33H,12-13H2,1-4H3,(H3,29,30,31,34)/t15-,16+,19-,20+,24-,26?,41+/m1/s1. The van der Waals surface area contributed by atoms with E-state index in [0.717, 1.165) is 4.57 Å². The summed E-state index contributed by atoms with van der Waals surface area (Å²) in [6, 6.07) is 9.37. The number of anilines is 1. The Bertz CT molecular complexity index is 1490. The third kappa shape index (κ3) is 6.30. The number of H-pyrrole nitrogens is 1. The van der Waals surface area contributed by atoms with Crippen molar-refractivity contribution >= 4 is 30.5 Å². The van der Waals surface area contributed by atoms with E-state index in [1.807, 2.05) is 0 Å². The minimum Gasteiger partial charge on any atom is -0.463 e. The maximum absolute atomic E-state index is 16.1. The van der Waals surface area contributed by atoms with Crippen molar-refractivity contribution in [2.75, 3.05) is 18.6 Å². The highest BCUT2D eigenvalue weighted by Crippen LogP contribution is 2.53. The molecule has 1 saturated heterocycles. The largest absolute Gasteiger partial charge is 0.463 e. The number of nitrogens with two attached hydrogens (primary N) is 1. The number of aliphatic hydroxyl groups excluding tert-OH is 1. The summed E-state index contributed by atoms with van der Waals surface area (Å²) in [5.74, 6) is -1.64. The Morgan fingerprint density at radius 2 is 1.95 bits per heavy atom. The molecule has 3 aromatic rings. The fraction of sp³-hybridized carbons (Fsp3) is 0.500. The summed E-state index contributed by atoms with van der Waals surface area (Å²) in [4.78, 5) is 31.0. The van der Waals surface area contributed by atoms with E-state index < -0.39 is 74.2 Å². The molecule has 0 amide bonds. The van der Waals surface area contributed by atoms with Gasteiger partial charge in [0.15, 0.2) is 11.9 Å². The van der Waals surface area contributed by atoms with E-state index in [1.54, 1.807) is 32.0 Å². The fourth-order valence-electron chi connectivity index (χ4n) is 4.63. The molecule has 0 saturated carbocycles. The van der Waals surface area contributed by atoms with Crippen LogP contribution in [0.25, 0.3) is 11.0 Å². The zero-order valence-corrected chi connectivity index (χ0v) is 23.8. The van der Waals surface area contributed by atoms with Crippen molar-refractivity contribution < 1.29 is 41.8 Å². The number of fused-ring (bicyclic) bond motifs is 1. The summed E-state index contributed by atoms with van der Waals surface area (Å²) in [7, 11) is -4.20. The third-order valence-electron chi connectivity index (χ3n) is 6.59. The molecule has 15 heteroatoms. The molecule has 12 nitrogen and oxygen atoms in total. The maximum atomic E-state index is 16.1. The van der Waals surface area contributed by atoms with Gasteiger partial charge in [-0.1, -0.05) is 25.1 Å². The molecular weight excluding hydrogens is 565 g/mol. The van der Waals surface area contributed by atoms with Gasteiger partial charge >= 0.3 is 13.6 Å². The van der Waals surface area contributed by atoms with E-state index in [2.05, 4.69) is 9.97 Å². The number of aromatic amines is 1. The van der Waals surface area contributed by atoms with Crippen LogP contribution in [0.3, 0.4) is 0 Å². The highest BCUT2D eigenvalue weighted by molar-refractivity contribution is 7.54. The van der Waals surface area contributed by atoms with E-state index in [0.29, 0.717) is 0 Å². The predicted octanol–water partition coefficient (Wildman–Crippen LogP) is 3.51. The number of esters is 1. The summed E-state index contributed by atoms with van der Waals surface area (Å²) >= 11 is 0. The molecule has 0 spiro atoms. The van der Waals surface area contributed by atoms with Gasteiger partial charge in [0, 0.05) is 6.20 Å². The first-order valence-electron chi connectivity index (χ1n) is 13.0. The maximum Gasteiger partial charge on any atom is 0.380 e. The number of hydrogen-bond donors (Lipinski definition) is 3. The molecule has 0 radical (unpaired) electrons. The van der Waals surface area contributed by atoms with Crippen molar-refractivity contribution in [1.82, 2.24) is 14.5 Å². The molecule has 1 aliphatic rings. The number of carbonyl (C=O) groups is 1. The minimum atomic E-state index is -4.20. The first-order valence-corrected chi connectivity index (χ1v) is 14.7. The molecule has 41 heavy (non-hydrogen) atoms. The van der Waals surface area contributed by atoms with Crippen LogP contribution in [-0.2, 0) is 23.4 Å². The van der Waals surface area contributed by atoms with Gasteiger partial charge < -0.3 is 29.4 Å². The van der Waals surface area contributed by atoms with Gasteiger partial charge in [0.1, 0.15) is 24.6 Å². The SMILES string of the molecule is CC(C)OC(=O)[C@H](C)C[P@@](=O)(Oc1ccccc1)O[C@@H](C)[C@H]1O[C@@H](n2ccc3c(=O)[nH]c(N)nc32)C(F)(CF)[C@H]1O. The first-order chi connectivity index (χ1) is 19.3. The van der Waals surface area contributed by atoms with E-state index in [-0.39, 0.29) is 22.7 Å². The van der Waals surface area contributed by atoms with Crippen LogP contribution in [0.5, 0.6) is 5.75 Å². The second-order valence-electron chi connectivity index (χ2n) is 10.3. The predicted molar refractivity (Wildman–Crippen MR) is 145 cm³/mol. The summed E-state index contributed by atoms with van der Waals surface area (Å²) in [5.41, 5.74) is 1.93. The van der Waals surface area contributed by atoms with Crippen molar-refractivity contribution in [2.24, 2.45) is 5.92 Å². The first kappa shape index (κ1) is 30.6. The lowest BCUT2D eigenvalue weighted by molar-refractivity contribution is -0.151. The van der Waals surface area contributed by atoms with E-state index in [9.17, 15) is 23.7 Å². The topological polar surface area (TPSA) is 168 Å². The number of alkyl halides is 2. The van der Waals surface area contributed by atoms with Crippen molar-refractivity contribution in [2.45, 2.75) is 64.0 Å². The Balaban J connectivity index is 1.63. The zero-order valence-electron chi connectivity index (χ0n) is 22.9. The molecule has 1 unspecified atom stereocenters. The Morgan fingerprint density at radius 3 is 2.59 bits per heavy atom. The summed E-state index contributed by atoms with van der Waals surface area (Å²) in [5, 5.41) is 11.0. The molecule has 1 aromatic carbocycles. The van der Waals surface area contributed by atoms with E-state index in [1.165, 1.54) is 38.2 Å². The van der Waals surface area contributed by atoms with Crippen LogP contribution in [0, 0.1) is 5.92 Å². The molecule has 4 rings (SSSR count). The second-order valence-corrected chi connectivity index (χ2v) is 12.2. The zero-order chi connectivity index (χ0) is 30.1. The summed E-state index contributed by atoms with van der Waals surface area (Å²) in [6.45, 7) is 4.50. The lowest BCUT2D eigenvalue weighted by Crippen LogP contribution is -2.47. The minimum absolute atomic E-state index is 0.0364. The van der Waals surface area contributed by atoms with Gasteiger partial charge in [0.2, 0.25) is 11.6 Å². The van der Waals surface area contributed by atoms with Crippen molar-refractivity contribution in [3.05, 3.63) is 52.9 Å². The van der Waals surface area contributed by atoms with Crippen LogP contribution in [0.2, 0.25) is 0 Å². The van der Waals surface area contributed by atoms with Crippen molar-refractivity contribution in [3.63, 3.8) is 0 Å². The highest BCUT2D eigenvalue weighted by Gasteiger charge is 2.61. The fourth-order valence-corrected chi connectivity index (χ4v) is 6.72. The number of rotatable bonds is 11. The van der Waals surface area contributed by atoms with Gasteiger partial charge in [0.05, 0.1) is 29.7 Å². The highest BCUT2D eigenvalue weighted by atomic mass is 31.2. The lowest BCUT2D eigenvalue weighted by Gasteiger charge is -2.29. The molecule has 2 aromatic heterocycles. The smallest absolute Gasteiger partial charge is 0.380 e. The number of nitrogen functional groups attached to an aromatic ring is 1. The Hall–Kier alpha value is -3.32. The number of hydrogen-bond acceptors (Lipinski definition) is 10. The number of para-hydroxylation sites is 1. The monoisotopic (exact) mass is 598 g/mol. The average molecular weight is 599 g/mol. The van der Waals surface area contributed by atoms with Gasteiger partial charge in [-0.25, -0.2) is 13.3 Å². The quantitative estimate of drug-likeness (QED) is 0.219. The van der Waals surface area contributed by atoms with Crippen LogP contribution in [-0.4, -0.2) is 68.5 Å². The van der Waals surface area contributed by atoms with Crippen LogP contribution < -0.4 is 15.8 Å². The van der Waals surface area contributed by atoms with Gasteiger partial charge in [-0.3, -0.25) is 19.1 Å². The van der Waals surface area contributed by atoms with Crippen molar-refractivity contribution in [1.29, 1.82) is 0 Å². The van der Waals surface area contributed by atoms with Gasteiger partial charge in [0.25, 0.3) is 5.56 Å². The van der Waals surface area contributed by atoms with Crippen LogP contribution in [0.1, 0.15) is 33.9 Å². The Morgan fingerprint density at radius 1 is 1.27 bits per heavy atom. The number of ether oxygens (including phenoxy) is 2. The van der Waals surface area contributed by atoms with Crippen molar-refractivity contribution in [3.8, 4) is 5.75 Å². The number of nitrogens with one attached hydrogen (secondary N) is 1. The Labute approximate surface area is 234 Å². The number of carbonyl (C=O) groups excluding carboxylic acids is 1. The molecule has 3 heterocycles. The van der Waals surface area contributed by atoms with Gasteiger partial charge in [-0.15, -0.1) is 0 Å². The van der Waals surface area contributed by atoms with Crippen LogP contribution in [0.15, 0.2) is 47.4 Å².